The minimum atomic E-state index is -0.594. The summed E-state index contributed by atoms with van der Waals surface area (Å²) < 4.78 is 5.71. The smallest absolute Gasteiger partial charge is 0.261 e. The summed E-state index contributed by atoms with van der Waals surface area (Å²) in [5, 5.41) is 2.92. The summed E-state index contributed by atoms with van der Waals surface area (Å²) in [5.41, 5.74) is 3.34. The molecule has 0 unspecified atom stereocenters. The largest absolute Gasteiger partial charge is 0.484 e. The van der Waals surface area contributed by atoms with E-state index in [4.69, 9.17) is 4.74 Å². The molecule has 2 aromatic rings. The van der Waals surface area contributed by atoms with Gasteiger partial charge >= 0.3 is 0 Å². The van der Waals surface area contributed by atoms with Gasteiger partial charge in [0.05, 0.1) is 0 Å². The molecule has 0 heterocycles. The van der Waals surface area contributed by atoms with Gasteiger partial charge in [-0.05, 0) is 49.4 Å². The molecule has 2 rings (SSSR count). The van der Waals surface area contributed by atoms with Crippen molar-refractivity contribution in [3.8, 4) is 5.75 Å². The van der Waals surface area contributed by atoms with Crippen LogP contribution in [0, 0.1) is 12.8 Å². The fourth-order valence-corrected chi connectivity index (χ4v) is 2.97. The van der Waals surface area contributed by atoms with Crippen molar-refractivity contribution in [2.75, 3.05) is 13.2 Å². The standard InChI is InChI=1S/C25H34N2O3/c1-6-21-11-13-23(14-12-21)30-17-24(28)27(16-22-9-7-19(4)8-10-22)20(5)25(29)26-15-18(2)3/h7-14,18,20H,6,15-17H2,1-5H3,(H,26,29)/t20-/m0/s1. The van der Waals surface area contributed by atoms with E-state index in [9.17, 15) is 9.59 Å². The highest BCUT2D eigenvalue weighted by atomic mass is 16.5. The lowest BCUT2D eigenvalue weighted by atomic mass is 10.1. The van der Waals surface area contributed by atoms with Gasteiger partial charge in [0.15, 0.2) is 6.61 Å². The van der Waals surface area contributed by atoms with E-state index in [-0.39, 0.29) is 18.4 Å². The zero-order chi connectivity index (χ0) is 22.1. The van der Waals surface area contributed by atoms with Gasteiger partial charge in [0.25, 0.3) is 5.91 Å². The Bertz CT molecular complexity index is 813. The normalized spacial score (nSPS) is 11.8. The lowest BCUT2D eigenvalue weighted by Crippen LogP contribution is -2.49. The van der Waals surface area contributed by atoms with Crippen LogP contribution in [0.25, 0.3) is 0 Å². The van der Waals surface area contributed by atoms with E-state index in [1.54, 1.807) is 11.8 Å². The third-order valence-corrected chi connectivity index (χ3v) is 5.02. The maximum Gasteiger partial charge on any atom is 0.261 e. The Kier molecular flexibility index (Phi) is 8.90. The van der Waals surface area contributed by atoms with Crippen LogP contribution in [0.1, 0.15) is 44.4 Å². The number of nitrogens with one attached hydrogen (secondary N) is 1. The molecule has 0 spiro atoms. The second kappa shape index (κ2) is 11.4. The molecule has 30 heavy (non-hydrogen) atoms. The Balaban J connectivity index is 2.10. The highest BCUT2D eigenvalue weighted by molar-refractivity contribution is 5.87. The van der Waals surface area contributed by atoms with Crippen LogP contribution in [0.2, 0.25) is 0 Å². The van der Waals surface area contributed by atoms with Crippen LogP contribution in [0.5, 0.6) is 5.75 Å². The van der Waals surface area contributed by atoms with Crippen LogP contribution < -0.4 is 10.1 Å². The summed E-state index contributed by atoms with van der Waals surface area (Å²) in [6.07, 6.45) is 0.951. The molecular weight excluding hydrogens is 376 g/mol. The molecule has 0 aliphatic carbocycles. The fourth-order valence-electron chi connectivity index (χ4n) is 2.97. The molecule has 5 nitrogen and oxygen atoms in total. The van der Waals surface area contributed by atoms with Crippen LogP contribution in [0.15, 0.2) is 48.5 Å². The van der Waals surface area contributed by atoms with Gasteiger partial charge in [0.2, 0.25) is 5.91 Å². The third kappa shape index (κ3) is 7.21. The van der Waals surface area contributed by atoms with E-state index >= 15 is 0 Å². The van der Waals surface area contributed by atoms with Crippen molar-refractivity contribution >= 4 is 11.8 Å². The van der Waals surface area contributed by atoms with Crippen LogP contribution in [-0.2, 0) is 22.6 Å². The highest BCUT2D eigenvalue weighted by Gasteiger charge is 2.26. The van der Waals surface area contributed by atoms with Crippen molar-refractivity contribution in [1.29, 1.82) is 0 Å². The molecule has 162 valence electrons. The molecular formula is C25H34N2O3. The number of hydrogen-bond acceptors (Lipinski definition) is 3. The molecule has 2 amide bonds. The van der Waals surface area contributed by atoms with Crippen molar-refractivity contribution < 1.29 is 14.3 Å². The van der Waals surface area contributed by atoms with Gasteiger partial charge in [-0.1, -0.05) is 62.7 Å². The second-order valence-corrected chi connectivity index (χ2v) is 8.11. The maximum atomic E-state index is 13.0. The summed E-state index contributed by atoms with van der Waals surface area (Å²) in [6.45, 7) is 10.8. The van der Waals surface area contributed by atoms with Crippen molar-refractivity contribution in [3.63, 3.8) is 0 Å². The maximum absolute atomic E-state index is 13.0. The Labute approximate surface area is 180 Å². The molecule has 0 fully saturated rings. The van der Waals surface area contributed by atoms with Gasteiger partial charge in [-0.2, -0.15) is 0 Å². The Morgan fingerprint density at radius 2 is 1.57 bits per heavy atom. The van der Waals surface area contributed by atoms with Gasteiger partial charge < -0.3 is 15.0 Å². The van der Waals surface area contributed by atoms with E-state index in [1.807, 2.05) is 69.3 Å². The first-order chi connectivity index (χ1) is 14.3. The first kappa shape index (κ1) is 23.5. The first-order valence-electron chi connectivity index (χ1n) is 10.6. The average Bonchev–Trinajstić information content (AvgIpc) is 2.75. The summed E-state index contributed by atoms with van der Waals surface area (Å²) >= 11 is 0. The lowest BCUT2D eigenvalue weighted by molar-refractivity contribution is -0.142. The molecule has 1 atom stereocenters. The van der Waals surface area contributed by atoms with Crippen LogP contribution in [0.3, 0.4) is 0 Å². The van der Waals surface area contributed by atoms with Gasteiger partial charge in [0, 0.05) is 13.1 Å². The predicted molar refractivity (Wildman–Crippen MR) is 120 cm³/mol. The van der Waals surface area contributed by atoms with Crippen molar-refractivity contribution in [2.24, 2.45) is 5.92 Å². The quantitative estimate of drug-likeness (QED) is 0.641. The van der Waals surface area contributed by atoms with E-state index in [1.165, 1.54) is 5.56 Å². The second-order valence-electron chi connectivity index (χ2n) is 8.11. The first-order valence-corrected chi connectivity index (χ1v) is 10.6. The number of rotatable bonds is 10. The number of benzene rings is 2. The number of carbonyl (C=O) groups is 2. The highest BCUT2D eigenvalue weighted by Crippen LogP contribution is 2.15. The van der Waals surface area contributed by atoms with Crippen LogP contribution in [-0.4, -0.2) is 35.9 Å². The van der Waals surface area contributed by atoms with Crippen molar-refractivity contribution in [1.82, 2.24) is 10.2 Å². The van der Waals surface area contributed by atoms with E-state index in [0.29, 0.717) is 24.8 Å². The monoisotopic (exact) mass is 410 g/mol. The fraction of sp³-hybridized carbons (Fsp3) is 0.440. The minimum absolute atomic E-state index is 0.112. The lowest BCUT2D eigenvalue weighted by Gasteiger charge is -2.29. The Hall–Kier alpha value is -2.82. The predicted octanol–water partition coefficient (Wildman–Crippen LogP) is 4.13. The van der Waals surface area contributed by atoms with Crippen LogP contribution >= 0.6 is 0 Å². The molecule has 0 aliphatic rings. The van der Waals surface area contributed by atoms with Gasteiger partial charge in [-0.3, -0.25) is 9.59 Å². The van der Waals surface area contributed by atoms with Crippen molar-refractivity contribution in [3.05, 3.63) is 65.2 Å². The Morgan fingerprint density at radius 3 is 2.13 bits per heavy atom. The van der Waals surface area contributed by atoms with E-state index in [2.05, 4.69) is 12.2 Å². The Morgan fingerprint density at radius 1 is 0.967 bits per heavy atom. The summed E-state index contributed by atoms with van der Waals surface area (Å²) in [6, 6.07) is 15.1. The molecule has 1 N–H and O–H groups in total. The van der Waals surface area contributed by atoms with E-state index in [0.717, 1.165) is 17.5 Å². The van der Waals surface area contributed by atoms with Gasteiger partial charge in [-0.15, -0.1) is 0 Å². The molecule has 0 bridgehead atoms. The van der Waals surface area contributed by atoms with E-state index < -0.39 is 6.04 Å². The number of nitrogens with zero attached hydrogens (tertiary/aromatic N) is 1. The van der Waals surface area contributed by atoms with Gasteiger partial charge in [-0.25, -0.2) is 0 Å². The molecule has 2 aromatic carbocycles. The molecule has 0 saturated heterocycles. The zero-order valence-electron chi connectivity index (χ0n) is 18.8. The summed E-state index contributed by atoms with van der Waals surface area (Å²) in [7, 11) is 0. The van der Waals surface area contributed by atoms with Crippen molar-refractivity contribution in [2.45, 2.75) is 53.6 Å². The summed E-state index contributed by atoms with van der Waals surface area (Å²) in [5.74, 6) is 0.614. The third-order valence-electron chi connectivity index (χ3n) is 5.02. The topological polar surface area (TPSA) is 58.6 Å². The molecule has 0 saturated carbocycles. The number of carbonyl (C=O) groups excluding carboxylic acids is 2. The number of ether oxygens (including phenoxy) is 1. The molecule has 0 aliphatic heterocycles. The molecule has 0 radical (unpaired) electrons. The minimum Gasteiger partial charge on any atom is -0.484 e. The molecule has 0 aromatic heterocycles. The molecule has 5 heteroatoms. The number of aryl methyl sites for hydroxylation is 2. The number of amides is 2. The number of hydrogen-bond donors (Lipinski definition) is 1. The zero-order valence-corrected chi connectivity index (χ0v) is 18.8. The summed E-state index contributed by atoms with van der Waals surface area (Å²) in [4.78, 5) is 27.2. The van der Waals surface area contributed by atoms with Gasteiger partial charge in [0.1, 0.15) is 11.8 Å². The average molecular weight is 411 g/mol. The van der Waals surface area contributed by atoms with Crippen LogP contribution in [0.4, 0.5) is 0 Å². The SMILES string of the molecule is CCc1ccc(OCC(=O)N(Cc2ccc(C)cc2)[C@@H](C)C(=O)NCC(C)C)cc1.